The summed E-state index contributed by atoms with van der Waals surface area (Å²) in [6.07, 6.45) is 1.43. The van der Waals surface area contributed by atoms with E-state index in [2.05, 4.69) is 5.32 Å². The molecule has 0 spiro atoms. The zero-order chi connectivity index (χ0) is 3.41. The van der Waals surface area contributed by atoms with Gasteiger partial charge in [0.2, 0.25) is 0 Å². The van der Waals surface area contributed by atoms with Crippen LogP contribution in [0.25, 0.3) is 0 Å². The van der Waals surface area contributed by atoms with Gasteiger partial charge in [0.15, 0.2) is 0 Å². The molecule has 1 N–H and O–H groups in total. The first kappa shape index (κ1) is 9.08. The Morgan fingerprint density at radius 1 is 1.80 bits per heavy atom. The fraction of sp³-hybridized carbons (Fsp3) is 0.500. The summed E-state index contributed by atoms with van der Waals surface area (Å²) in [7, 11) is 1.51. The standard InChI is InChI=1S/C2H4NO.Na/c1-3-2-4;/h1H3,(H,3,4);/q-1;+1. The van der Waals surface area contributed by atoms with Crippen molar-refractivity contribution in [1.82, 2.24) is 5.32 Å². The van der Waals surface area contributed by atoms with E-state index in [9.17, 15) is 0 Å². The van der Waals surface area contributed by atoms with E-state index < -0.39 is 0 Å². The Kier molecular flexibility index (Phi) is 16.0. The molecule has 0 saturated heterocycles. The first-order chi connectivity index (χ1) is 1.91. The molecule has 0 atom stereocenters. The molecule has 1 amide bonds. The van der Waals surface area contributed by atoms with Crippen molar-refractivity contribution in [1.29, 1.82) is 0 Å². The van der Waals surface area contributed by atoms with Crippen LogP contribution in [0.1, 0.15) is 0 Å². The van der Waals surface area contributed by atoms with Gasteiger partial charge in [0.25, 0.3) is 0 Å². The number of carbonyl (C=O) groups excluding carboxylic acids is 1. The molecule has 0 radical (unpaired) electrons. The predicted octanol–water partition coefficient (Wildman–Crippen LogP) is -3.72. The molecule has 0 aromatic rings. The van der Waals surface area contributed by atoms with E-state index in [1.807, 2.05) is 0 Å². The second kappa shape index (κ2) is 8.82. The van der Waals surface area contributed by atoms with Crippen molar-refractivity contribution < 1.29 is 34.4 Å². The number of hydrogen-bond donors (Lipinski definition) is 1. The fourth-order valence-electron chi connectivity index (χ4n) is 0. The maximum atomic E-state index is 8.94. The molecule has 2 nitrogen and oxygen atoms in total. The van der Waals surface area contributed by atoms with Crippen LogP contribution >= 0.6 is 0 Å². The van der Waals surface area contributed by atoms with Crippen LogP contribution in [0.2, 0.25) is 0 Å². The summed E-state index contributed by atoms with van der Waals surface area (Å²) in [5, 5.41) is 2.12. The Morgan fingerprint density at radius 3 is 2.00 bits per heavy atom. The van der Waals surface area contributed by atoms with E-state index in [-0.39, 0.29) is 29.6 Å². The monoisotopic (exact) mass is 81.0 g/mol. The minimum absolute atomic E-state index is 0. The van der Waals surface area contributed by atoms with Crippen molar-refractivity contribution in [3.63, 3.8) is 0 Å². The SMILES string of the molecule is CN[C-]=O.[Na+]. The van der Waals surface area contributed by atoms with Gasteiger partial charge in [-0.3, -0.25) is 0 Å². The second-order valence-corrected chi connectivity index (χ2v) is 0.352. The van der Waals surface area contributed by atoms with Crippen molar-refractivity contribution >= 4 is 6.41 Å². The summed E-state index contributed by atoms with van der Waals surface area (Å²) in [5.74, 6) is 0. The zero-order valence-electron chi connectivity index (χ0n) is 3.41. The molecule has 0 saturated carbocycles. The summed E-state index contributed by atoms with van der Waals surface area (Å²) in [5.41, 5.74) is 0. The van der Waals surface area contributed by atoms with Gasteiger partial charge in [0, 0.05) is 0 Å². The molecule has 24 valence electrons. The van der Waals surface area contributed by atoms with Crippen LogP contribution in [0.4, 0.5) is 0 Å². The Balaban J connectivity index is 0. The Bertz CT molecular complexity index is 23.6. The number of nitrogens with one attached hydrogen (secondary N) is 1. The molecule has 0 aliphatic carbocycles. The van der Waals surface area contributed by atoms with E-state index in [4.69, 9.17) is 4.79 Å². The molecule has 0 unspecified atom stereocenters. The van der Waals surface area contributed by atoms with Gasteiger partial charge in [-0.25, -0.2) is 0 Å². The van der Waals surface area contributed by atoms with Crippen molar-refractivity contribution in [3.8, 4) is 0 Å². The molecule has 0 aromatic heterocycles. The van der Waals surface area contributed by atoms with Crippen molar-refractivity contribution in [3.05, 3.63) is 0 Å². The van der Waals surface area contributed by atoms with Crippen LogP contribution in [0.5, 0.6) is 0 Å². The normalized spacial score (nSPS) is 4.20. The van der Waals surface area contributed by atoms with Gasteiger partial charge in [0.1, 0.15) is 0 Å². The number of rotatable bonds is 1. The summed E-state index contributed by atoms with van der Waals surface area (Å²) >= 11 is 0. The average molecular weight is 81.0 g/mol. The second-order valence-electron chi connectivity index (χ2n) is 0.352. The van der Waals surface area contributed by atoms with Crippen LogP contribution in [-0.4, -0.2) is 13.5 Å². The maximum Gasteiger partial charge on any atom is 1.00 e. The minimum Gasteiger partial charge on any atom is -0.532 e. The van der Waals surface area contributed by atoms with Crippen LogP contribution in [-0.2, 0) is 4.79 Å². The Labute approximate surface area is 53.2 Å². The van der Waals surface area contributed by atoms with Crippen LogP contribution in [0.15, 0.2) is 0 Å². The van der Waals surface area contributed by atoms with Gasteiger partial charge in [-0.05, 0) is 7.05 Å². The summed E-state index contributed by atoms with van der Waals surface area (Å²) in [6.45, 7) is 0. The quantitative estimate of drug-likeness (QED) is 0.196. The van der Waals surface area contributed by atoms with Gasteiger partial charge >= 0.3 is 29.6 Å². The van der Waals surface area contributed by atoms with Crippen molar-refractivity contribution in [2.75, 3.05) is 7.05 Å². The molecular formula is C2H4NNaO. The topological polar surface area (TPSA) is 29.1 Å². The Hall–Kier alpha value is 0.470. The number of hydrogen-bond acceptors (Lipinski definition) is 1. The number of amides is 1. The Morgan fingerprint density at radius 2 is 2.00 bits per heavy atom. The molecule has 3 heteroatoms. The molecular weight excluding hydrogens is 77.0 g/mol. The van der Waals surface area contributed by atoms with Gasteiger partial charge < -0.3 is 10.1 Å². The molecule has 0 aromatic carbocycles. The smallest absolute Gasteiger partial charge is 0.532 e. The van der Waals surface area contributed by atoms with Gasteiger partial charge in [-0.15, -0.1) is 0 Å². The van der Waals surface area contributed by atoms with Crippen LogP contribution in [0, 0.1) is 0 Å². The molecule has 0 aliphatic heterocycles. The first-order valence-electron chi connectivity index (χ1n) is 0.954. The third kappa shape index (κ3) is 12.6. The largest absolute Gasteiger partial charge is 1.00 e. The molecule has 0 heterocycles. The first-order valence-corrected chi connectivity index (χ1v) is 0.954. The third-order valence-corrected chi connectivity index (χ3v) is 0.102. The van der Waals surface area contributed by atoms with E-state index in [1.165, 1.54) is 13.5 Å². The van der Waals surface area contributed by atoms with Gasteiger partial charge in [-0.2, -0.15) is 6.41 Å². The molecule has 5 heavy (non-hydrogen) atoms. The molecule has 0 aliphatic rings. The zero-order valence-corrected chi connectivity index (χ0v) is 5.41. The van der Waals surface area contributed by atoms with E-state index in [1.54, 1.807) is 0 Å². The average Bonchev–Trinajstić information content (AvgIpc) is 1.37. The van der Waals surface area contributed by atoms with Gasteiger partial charge in [0.05, 0.1) is 0 Å². The molecule has 0 fully saturated rings. The maximum absolute atomic E-state index is 8.94. The van der Waals surface area contributed by atoms with Gasteiger partial charge in [-0.1, -0.05) is 0 Å². The summed E-state index contributed by atoms with van der Waals surface area (Å²) < 4.78 is 0. The molecule has 0 bridgehead atoms. The van der Waals surface area contributed by atoms with Crippen LogP contribution in [0.3, 0.4) is 0 Å². The van der Waals surface area contributed by atoms with Crippen molar-refractivity contribution in [2.45, 2.75) is 0 Å². The minimum atomic E-state index is 0. The summed E-state index contributed by atoms with van der Waals surface area (Å²) in [6, 6.07) is 0. The predicted molar refractivity (Wildman–Crippen MR) is 14.8 cm³/mol. The summed E-state index contributed by atoms with van der Waals surface area (Å²) in [4.78, 5) is 8.94. The van der Waals surface area contributed by atoms with Crippen LogP contribution < -0.4 is 34.9 Å². The van der Waals surface area contributed by atoms with E-state index in [0.717, 1.165) is 0 Å². The van der Waals surface area contributed by atoms with Crippen molar-refractivity contribution in [2.24, 2.45) is 0 Å². The van der Waals surface area contributed by atoms with E-state index in [0.29, 0.717) is 0 Å². The third-order valence-electron chi connectivity index (χ3n) is 0.102. The fourth-order valence-corrected chi connectivity index (χ4v) is 0. The van der Waals surface area contributed by atoms with E-state index >= 15 is 0 Å². The molecule has 0 rings (SSSR count).